The van der Waals surface area contributed by atoms with Crippen LogP contribution < -0.4 is 0 Å². The fraction of sp³-hybridized carbons (Fsp3) is 0.417. The zero-order valence-corrected chi connectivity index (χ0v) is 18.8. The van der Waals surface area contributed by atoms with Gasteiger partial charge < -0.3 is 9.80 Å². The summed E-state index contributed by atoms with van der Waals surface area (Å²) >= 11 is 3.50. The van der Waals surface area contributed by atoms with Gasteiger partial charge in [0.2, 0.25) is 0 Å². The molecule has 5 rings (SSSR count). The Hall–Kier alpha value is -1.89. The summed E-state index contributed by atoms with van der Waals surface area (Å²) in [6.45, 7) is 4.26. The molecule has 0 spiro atoms. The smallest absolute Gasteiger partial charge is 0.253 e. The van der Waals surface area contributed by atoms with Gasteiger partial charge in [-0.25, -0.2) is 4.98 Å². The molecule has 2 aromatic carbocycles. The molecule has 2 saturated heterocycles. The molecule has 0 saturated carbocycles. The minimum atomic E-state index is 0.181. The van der Waals surface area contributed by atoms with Gasteiger partial charge in [0, 0.05) is 30.4 Å². The minimum Gasteiger partial charge on any atom is -0.339 e. The largest absolute Gasteiger partial charge is 0.339 e. The van der Waals surface area contributed by atoms with E-state index in [1.165, 1.54) is 36.2 Å². The topological polar surface area (TPSA) is 36.4 Å². The molecule has 4 nitrogen and oxygen atoms in total. The summed E-state index contributed by atoms with van der Waals surface area (Å²) < 4.78 is 2.33. The number of thioether (sulfide) groups is 1. The Balaban J connectivity index is 1.15. The molecule has 6 heteroatoms. The minimum absolute atomic E-state index is 0.181. The van der Waals surface area contributed by atoms with Gasteiger partial charge in [-0.3, -0.25) is 4.79 Å². The maximum absolute atomic E-state index is 12.9. The Morgan fingerprint density at radius 3 is 2.47 bits per heavy atom. The van der Waals surface area contributed by atoms with Crippen LogP contribution in [0.2, 0.25) is 0 Å². The summed E-state index contributed by atoms with van der Waals surface area (Å²) in [5.74, 6) is 1.05. The summed E-state index contributed by atoms with van der Waals surface area (Å²) in [5.41, 5.74) is 3.10. The van der Waals surface area contributed by atoms with Crippen molar-refractivity contribution in [3.63, 3.8) is 0 Å². The Morgan fingerprint density at radius 1 is 1.00 bits per heavy atom. The number of rotatable bonds is 5. The number of likely N-dealkylation sites (tertiary alicyclic amines) is 2. The molecule has 0 aliphatic carbocycles. The lowest BCUT2D eigenvalue weighted by Gasteiger charge is -2.36. The molecule has 3 aromatic rings. The van der Waals surface area contributed by atoms with Crippen LogP contribution in [0.4, 0.5) is 0 Å². The number of piperidine rings is 1. The van der Waals surface area contributed by atoms with Crippen LogP contribution in [0.1, 0.15) is 41.6 Å². The molecule has 2 aliphatic heterocycles. The molecule has 30 heavy (non-hydrogen) atoms. The average Bonchev–Trinajstić information content (AvgIpc) is 3.47. The molecule has 2 fully saturated rings. The van der Waals surface area contributed by atoms with Crippen molar-refractivity contribution in [3.05, 3.63) is 59.7 Å². The SMILES string of the molecule is O=C(c1ccc(CSc2nc3ccccc3s2)cc1)N1CCC(N2CCCC2)CC1. The van der Waals surface area contributed by atoms with Crippen LogP contribution in [-0.4, -0.2) is 52.9 Å². The number of thiazole rings is 1. The number of carbonyl (C=O) groups is 1. The van der Waals surface area contributed by atoms with E-state index in [1.807, 2.05) is 23.1 Å². The van der Waals surface area contributed by atoms with Gasteiger partial charge in [-0.15, -0.1) is 11.3 Å². The molecule has 0 radical (unpaired) electrons. The summed E-state index contributed by atoms with van der Waals surface area (Å²) in [6.07, 6.45) is 4.90. The molecule has 0 bridgehead atoms. The third-order valence-electron chi connectivity index (χ3n) is 6.25. The van der Waals surface area contributed by atoms with E-state index < -0.39 is 0 Å². The Morgan fingerprint density at radius 2 is 1.73 bits per heavy atom. The van der Waals surface area contributed by atoms with E-state index in [0.717, 1.165) is 47.1 Å². The third kappa shape index (κ3) is 4.41. The van der Waals surface area contributed by atoms with Gasteiger partial charge in [0.15, 0.2) is 4.34 Å². The van der Waals surface area contributed by atoms with Crippen LogP contribution in [0.15, 0.2) is 52.9 Å². The standard InChI is InChI=1S/C24H27N3OS2/c28-23(27-15-11-20(12-16-27)26-13-3-4-14-26)19-9-7-18(8-10-19)17-29-24-25-21-5-1-2-6-22(21)30-24/h1-2,5-10,20H,3-4,11-17H2. The maximum Gasteiger partial charge on any atom is 0.253 e. The Labute approximate surface area is 186 Å². The van der Waals surface area contributed by atoms with Gasteiger partial charge in [-0.1, -0.05) is 36.0 Å². The van der Waals surface area contributed by atoms with E-state index in [0.29, 0.717) is 6.04 Å². The van der Waals surface area contributed by atoms with Crippen molar-refractivity contribution in [2.45, 2.75) is 41.8 Å². The highest BCUT2D eigenvalue weighted by molar-refractivity contribution is 8.00. The van der Waals surface area contributed by atoms with E-state index in [1.54, 1.807) is 23.1 Å². The van der Waals surface area contributed by atoms with Crippen molar-refractivity contribution in [1.29, 1.82) is 0 Å². The second kappa shape index (κ2) is 9.08. The predicted octanol–water partition coefficient (Wildman–Crippen LogP) is 5.29. The van der Waals surface area contributed by atoms with Crippen LogP contribution in [0, 0.1) is 0 Å². The summed E-state index contributed by atoms with van der Waals surface area (Å²) in [6, 6.07) is 17.1. The number of carbonyl (C=O) groups excluding carboxylic acids is 1. The van der Waals surface area contributed by atoms with Gasteiger partial charge in [-0.05, 0) is 68.6 Å². The van der Waals surface area contributed by atoms with Gasteiger partial charge in [-0.2, -0.15) is 0 Å². The number of benzene rings is 2. The fourth-order valence-corrected chi connectivity index (χ4v) is 6.55. The second-order valence-corrected chi connectivity index (χ2v) is 10.5. The van der Waals surface area contributed by atoms with Gasteiger partial charge in [0.25, 0.3) is 5.91 Å². The monoisotopic (exact) mass is 437 g/mol. The van der Waals surface area contributed by atoms with E-state index in [9.17, 15) is 4.79 Å². The summed E-state index contributed by atoms with van der Waals surface area (Å²) in [4.78, 5) is 22.3. The van der Waals surface area contributed by atoms with Crippen molar-refractivity contribution in [2.75, 3.05) is 26.2 Å². The van der Waals surface area contributed by atoms with Crippen molar-refractivity contribution >= 4 is 39.2 Å². The zero-order valence-electron chi connectivity index (χ0n) is 17.1. The third-order valence-corrected chi connectivity index (χ3v) is 8.50. The highest BCUT2D eigenvalue weighted by atomic mass is 32.2. The second-order valence-electron chi connectivity index (χ2n) is 8.20. The lowest BCUT2D eigenvalue weighted by molar-refractivity contribution is 0.0644. The highest BCUT2D eigenvalue weighted by Crippen LogP contribution is 2.31. The number of fused-ring (bicyclic) bond motifs is 1. The number of para-hydroxylation sites is 1. The van der Waals surface area contributed by atoms with E-state index in [-0.39, 0.29) is 5.91 Å². The predicted molar refractivity (Wildman–Crippen MR) is 125 cm³/mol. The summed E-state index contributed by atoms with van der Waals surface area (Å²) in [5, 5.41) is 0. The van der Waals surface area contributed by atoms with Crippen molar-refractivity contribution < 1.29 is 4.79 Å². The molecule has 2 aliphatic rings. The molecule has 1 aromatic heterocycles. The molecule has 3 heterocycles. The van der Waals surface area contributed by atoms with Gasteiger partial charge >= 0.3 is 0 Å². The Bertz CT molecular complexity index is 970. The van der Waals surface area contributed by atoms with Crippen LogP contribution in [0.3, 0.4) is 0 Å². The van der Waals surface area contributed by atoms with Crippen molar-refractivity contribution in [3.8, 4) is 0 Å². The number of nitrogens with zero attached hydrogens (tertiary/aromatic N) is 3. The number of hydrogen-bond acceptors (Lipinski definition) is 5. The number of aromatic nitrogens is 1. The van der Waals surface area contributed by atoms with Crippen LogP contribution in [-0.2, 0) is 5.75 Å². The first-order valence-corrected chi connectivity index (χ1v) is 12.7. The number of hydrogen-bond donors (Lipinski definition) is 0. The average molecular weight is 438 g/mol. The molecule has 156 valence electrons. The zero-order chi connectivity index (χ0) is 20.3. The highest BCUT2D eigenvalue weighted by Gasteiger charge is 2.28. The number of amides is 1. The first-order valence-electron chi connectivity index (χ1n) is 10.9. The first-order chi connectivity index (χ1) is 14.8. The molecule has 0 unspecified atom stereocenters. The summed E-state index contributed by atoms with van der Waals surface area (Å²) in [7, 11) is 0. The quantitative estimate of drug-likeness (QED) is 0.508. The molecule has 0 atom stereocenters. The molecule has 0 N–H and O–H groups in total. The lowest BCUT2D eigenvalue weighted by atomic mass is 10.0. The first kappa shape index (κ1) is 20.0. The fourth-order valence-electron chi connectivity index (χ4n) is 4.52. The van der Waals surface area contributed by atoms with Crippen molar-refractivity contribution in [2.24, 2.45) is 0 Å². The van der Waals surface area contributed by atoms with E-state index >= 15 is 0 Å². The van der Waals surface area contributed by atoms with Gasteiger partial charge in [0.05, 0.1) is 10.2 Å². The van der Waals surface area contributed by atoms with Crippen molar-refractivity contribution in [1.82, 2.24) is 14.8 Å². The Kier molecular flexibility index (Phi) is 6.07. The van der Waals surface area contributed by atoms with Crippen LogP contribution in [0.25, 0.3) is 10.2 Å². The lowest BCUT2D eigenvalue weighted by Crippen LogP contribution is -2.45. The maximum atomic E-state index is 12.9. The van der Waals surface area contributed by atoms with Crippen LogP contribution in [0.5, 0.6) is 0 Å². The normalized spacial score (nSPS) is 18.3. The molecular weight excluding hydrogens is 410 g/mol. The van der Waals surface area contributed by atoms with E-state index in [2.05, 4.69) is 40.2 Å². The van der Waals surface area contributed by atoms with E-state index in [4.69, 9.17) is 0 Å². The van der Waals surface area contributed by atoms with Crippen LogP contribution >= 0.6 is 23.1 Å². The van der Waals surface area contributed by atoms with Gasteiger partial charge in [0.1, 0.15) is 0 Å². The molecular formula is C24H27N3OS2. The molecule has 1 amide bonds.